The number of rotatable bonds is 7. The van der Waals surface area contributed by atoms with Crippen LogP contribution in [-0.4, -0.2) is 39.8 Å². The van der Waals surface area contributed by atoms with E-state index in [-0.39, 0.29) is 5.91 Å². The topological polar surface area (TPSA) is 91.2 Å². The molecule has 28 heavy (non-hydrogen) atoms. The molecular formula is C20H21N5O3. The van der Waals surface area contributed by atoms with Crippen LogP contribution in [0.2, 0.25) is 0 Å². The number of anilines is 1. The second-order valence-corrected chi connectivity index (χ2v) is 6.51. The standard InChI is InChI=1S/C20H21N5O3/c1-3-28-18-12-14(7-10-17(18)27-2)20(26)21-15-6-4-5-13(11-15)19-22-23-24-25(19)16-8-9-16/h4-7,10-12,16H,3,8-9H2,1-2H3,(H,21,26). The molecule has 8 nitrogen and oxygen atoms in total. The first-order valence-corrected chi connectivity index (χ1v) is 9.20. The smallest absolute Gasteiger partial charge is 0.255 e. The molecule has 0 aliphatic heterocycles. The molecule has 0 radical (unpaired) electrons. The van der Waals surface area contributed by atoms with Crippen LogP contribution in [0.4, 0.5) is 5.69 Å². The third kappa shape index (κ3) is 3.66. The van der Waals surface area contributed by atoms with Gasteiger partial charge in [-0.15, -0.1) is 5.10 Å². The van der Waals surface area contributed by atoms with E-state index in [0.29, 0.717) is 41.2 Å². The van der Waals surface area contributed by atoms with Crippen LogP contribution < -0.4 is 14.8 Å². The van der Waals surface area contributed by atoms with Gasteiger partial charge in [-0.25, -0.2) is 4.68 Å². The minimum Gasteiger partial charge on any atom is -0.493 e. The van der Waals surface area contributed by atoms with Crippen molar-refractivity contribution in [1.82, 2.24) is 20.2 Å². The van der Waals surface area contributed by atoms with Crippen LogP contribution in [-0.2, 0) is 0 Å². The van der Waals surface area contributed by atoms with Crippen molar-refractivity contribution >= 4 is 11.6 Å². The van der Waals surface area contributed by atoms with Gasteiger partial charge in [0.25, 0.3) is 5.91 Å². The van der Waals surface area contributed by atoms with Crippen molar-refractivity contribution in [3.63, 3.8) is 0 Å². The third-order valence-electron chi connectivity index (χ3n) is 4.49. The van der Waals surface area contributed by atoms with Crippen LogP contribution >= 0.6 is 0 Å². The number of hydrogen-bond acceptors (Lipinski definition) is 6. The molecule has 1 aromatic heterocycles. The fraction of sp³-hybridized carbons (Fsp3) is 0.300. The number of ether oxygens (including phenoxy) is 2. The molecule has 0 atom stereocenters. The maximum atomic E-state index is 12.7. The van der Waals surface area contributed by atoms with Gasteiger partial charge < -0.3 is 14.8 Å². The summed E-state index contributed by atoms with van der Waals surface area (Å²) in [7, 11) is 1.57. The van der Waals surface area contributed by atoms with Gasteiger partial charge in [0, 0.05) is 16.8 Å². The summed E-state index contributed by atoms with van der Waals surface area (Å²) < 4.78 is 12.7. The van der Waals surface area contributed by atoms with Crippen molar-refractivity contribution in [2.75, 3.05) is 19.0 Å². The maximum Gasteiger partial charge on any atom is 0.255 e. The molecule has 4 rings (SSSR count). The Bertz CT molecular complexity index is 997. The SMILES string of the molecule is CCOc1cc(C(=O)Nc2cccc(-c3nnnn3C3CC3)c2)ccc1OC. The lowest BCUT2D eigenvalue weighted by atomic mass is 10.1. The number of aromatic nitrogens is 4. The number of benzene rings is 2. The van der Waals surface area contributed by atoms with Crippen molar-refractivity contribution in [3.05, 3.63) is 48.0 Å². The van der Waals surface area contributed by atoms with E-state index < -0.39 is 0 Å². The first kappa shape index (κ1) is 18.0. The lowest BCUT2D eigenvalue weighted by Crippen LogP contribution is -2.12. The summed E-state index contributed by atoms with van der Waals surface area (Å²) in [5.41, 5.74) is 2.01. The van der Waals surface area contributed by atoms with E-state index in [1.165, 1.54) is 0 Å². The summed E-state index contributed by atoms with van der Waals surface area (Å²) in [6, 6.07) is 13.0. The van der Waals surface area contributed by atoms with E-state index in [1.807, 2.05) is 35.9 Å². The fourth-order valence-electron chi connectivity index (χ4n) is 2.97. The molecule has 1 heterocycles. The number of tetrazole rings is 1. The van der Waals surface area contributed by atoms with Crippen molar-refractivity contribution in [2.45, 2.75) is 25.8 Å². The van der Waals surface area contributed by atoms with Gasteiger partial charge in [-0.1, -0.05) is 12.1 Å². The van der Waals surface area contributed by atoms with Crippen LogP contribution in [0.25, 0.3) is 11.4 Å². The number of carbonyl (C=O) groups is 1. The van der Waals surface area contributed by atoms with E-state index in [2.05, 4.69) is 20.8 Å². The van der Waals surface area contributed by atoms with E-state index in [0.717, 1.165) is 18.4 Å². The Morgan fingerprint density at radius 3 is 2.82 bits per heavy atom. The number of nitrogens with one attached hydrogen (secondary N) is 1. The quantitative estimate of drug-likeness (QED) is 0.677. The number of hydrogen-bond donors (Lipinski definition) is 1. The van der Waals surface area contributed by atoms with Crippen molar-refractivity contribution in [2.24, 2.45) is 0 Å². The summed E-state index contributed by atoms with van der Waals surface area (Å²) >= 11 is 0. The molecule has 1 fully saturated rings. The number of carbonyl (C=O) groups excluding carboxylic acids is 1. The van der Waals surface area contributed by atoms with E-state index >= 15 is 0 Å². The molecule has 1 aliphatic rings. The second kappa shape index (κ2) is 7.67. The van der Waals surface area contributed by atoms with Gasteiger partial charge in [-0.3, -0.25) is 4.79 Å². The largest absolute Gasteiger partial charge is 0.493 e. The average molecular weight is 379 g/mol. The van der Waals surface area contributed by atoms with E-state index in [4.69, 9.17) is 9.47 Å². The fourth-order valence-corrected chi connectivity index (χ4v) is 2.97. The molecule has 1 saturated carbocycles. The Morgan fingerprint density at radius 2 is 2.07 bits per heavy atom. The molecule has 2 aromatic carbocycles. The van der Waals surface area contributed by atoms with Crippen molar-refractivity contribution in [3.8, 4) is 22.9 Å². The zero-order valence-electron chi connectivity index (χ0n) is 15.8. The molecular weight excluding hydrogens is 358 g/mol. The Balaban J connectivity index is 1.55. The number of amides is 1. The molecule has 0 bridgehead atoms. The van der Waals surface area contributed by atoms with Gasteiger partial charge >= 0.3 is 0 Å². The molecule has 1 aliphatic carbocycles. The number of methoxy groups -OCH3 is 1. The molecule has 1 N–H and O–H groups in total. The van der Waals surface area contributed by atoms with Gasteiger partial charge in [0.2, 0.25) is 0 Å². The summed E-state index contributed by atoms with van der Waals surface area (Å²) in [6.07, 6.45) is 2.18. The molecule has 8 heteroatoms. The predicted molar refractivity (Wildman–Crippen MR) is 104 cm³/mol. The van der Waals surface area contributed by atoms with Crippen LogP contribution in [0.1, 0.15) is 36.2 Å². The van der Waals surface area contributed by atoms with Gasteiger partial charge in [0.15, 0.2) is 17.3 Å². The first-order valence-electron chi connectivity index (χ1n) is 9.20. The summed E-state index contributed by atoms with van der Waals surface area (Å²) in [5, 5.41) is 14.9. The van der Waals surface area contributed by atoms with Crippen LogP contribution in [0.15, 0.2) is 42.5 Å². The van der Waals surface area contributed by atoms with Crippen LogP contribution in [0.5, 0.6) is 11.5 Å². The zero-order valence-corrected chi connectivity index (χ0v) is 15.8. The highest BCUT2D eigenvalue weighted by Crippen LogP contribution is 2.37. The minimum atomic E-state index is -0.234. The average Bonchev–Trinajstić information content (AvgIpc) is 3.44. The monoisotopic (exact) mass is 379 g/mol. The second-order valence-electron chi connectivity index (χ2n) is 6.51. The van der Waals surface area contributed by atoms with Crippen molar-refractivity contribution in [1.29, 1.82) is 0 Å². The highest BCUT2D eigenvalue weighted by Gasteiger charge is 2.28. The maximum absolute atomic E-state index is 12.7. The first-order chi connectivity index (χ1) is 13.7. The number of nitrogens with zero attached hydrogens (tertiary/aromatic N) is 4. The van der Waals surface area contributed by atoms with Gasteiger partial charge in [-0.05, 0) is 60.5 Å². The van der Waals surface area contributed by atoms with Crippen molar-refractivity contribution < 1.29 is 14.3 Å². The van der Waals surface area contributed by atoms with Gasteiger partial charge in [0.05, 0.1) is 19.8 Å². The Hall–Kier alpha value is -3.42. The molecule has 144 valence electrons. The third-order valence-corrected chi connectivity index (χ3v) is 4.49. The predicted octanol–water partition coefficient (Wildman–Crippen LogP) is 3.33. The van der Waals surface area contributed by atoms with E-state index in [9.17, 15) is 4.79 Å². The van der Waals surface area contributed by atoms with Crippen LogP contribution in [0, 0.1) is 0 Å². The highest BCUT2D eigenvalue weighted by atomic mass is 16.5. The van der Waals surface area contributed by atoms with Gasteiger partial charge in [-0.2, -0.15) is 0 Å². The Morgan fingerprint density at radius 1 is 1.21 bits per heavy atom. The lowest BCUT2D eigenvalue weighted by molar-refractivity contribution is 0.102. The molecule has 0 unspecified atom stereocenters. The Kier molecular flexibility index (Phi) is 4.92. The highest BCUT2D eigenvalue weighted by molar-refractivity contribution is 6.04. The van der Waals surface area contributed by atoms with E-state index in [1.54, 1.807) is 25.3 Å². The summed E-state index contributed by atoms with van der Waals surface area (Å²) in [4.78, 5) is 12.7. The molecule has 0 spiro atoms. The minimum absolute atomic E-state index is 0.234. The normalized spacial score (nSPS) is 13.2. The van der Waals surface area contributed by atoms with Crippen LogP contribution in [0.3, 0.4) is 0 Å². The molecule has 1 amide bonds. The van der Waals surface area contributed by atoms with Gasteiger partial charge in [0.1, 0.15) is 0 Å². The Labute approximate surface area is 162 Å². The lowest BCUT2D eigenvalue weighted by Gasteiger charge is -2.12. The summed E-state index contributed by atoms with van der Waals surface area (Å²) in [6.45, 7) is 2.37. The molecule has 0 saturated heterocycles. The molecule has 3 aromatic rings. The summed E-state index contributed by atoms with van der Waals surface area (Å²) in [5.74, 6) is 1.60. The zero-order chi connectivity index (χ0) is 19.5.